The van der Waals surface area contributed by atoms with E-state index in [0.717, 1.165) is 24.0 Å². The Labute approximate surface area is 292 Å². The summed E-state index contributed by atoms with van der Waals surface area (Å²) >= 11 is 4.23. The Morgan fingerprint density at radius 1 is 0.587 bits per heavy atom. The van der Waals surface area contributed by atoms with Gasteiger partial charge in [0, 0.05) is 19.8 Å². The first kappa shape index (κ1) is 34.7. The number of carbonyl (C=O) groups excluding carboxylic acids is 4. The zero-order valence-electron chi connectivity index (χ0n) is 24.7. The Kier molecular flexibility index (Phi) is 12.8. The van der Waals surface area contributed by atoms with Crippen LogP contribution in [0.15, 0.2) is 84.9 Å². The van der Waals surface area contributed by atoms with Gasteiger partial charge in [0.05, 0.1) is 38.6 Å². The Morgan fingerprint density at radius 2 is 1.00 bits per heavy atom. The molecule has 0 aromatic heterocycles. The van der Waals surface area contributed by atoms with E-state index in [2.05, 4.69) is 45.2 Å². The molecule has 4 rings (SSSR count). The molecule has 0 N–H and O–H groups in total. The molecule has 0 saturated heterocycles. The minimum Gasteiger partial charge on any atom is -0.495 e. The summed E-state index contributed by atoms with van der Waals surface area (Å²) < 4.78 is 33.2. The van der Waals surface area contributed by atoms with Crippen molar-refractivity contribution < 1.29 is 47.6 Å². The first-order valence-corrected chi connectivity index (χ1v) is 16.0. The summed E-state index contributed by atoms with van der Waals surface area (Å²) in [6.45, 7) is 1.66. The molecule has 46 heavy (non-hydrogen) atoms. The molecule has 0 bridgehead atoms. The Hall–Kier alpha value is -4.18. The van der Waals surface area contributed by atoms with Crippen LogP contribution in [0.25, 0.3) is 0 Å². The van der Waals surface area contributed by atoms with Gasteiger partial charge >= 0.3 is 24.1 Å². The summed E-state index contributed by atoms with van der Waals surface area (Å²) in [6, 6.07) is 23.0. The summed E-state index contributed by atoms with van der Waals surface area (Å²) in [4.78, 5) is 48.1. The lowest BCUT2D eigenvalue weighted by molar-refractivity contribution is -0.131. The van der Waals surface area contributed by atoms with Gasteiger partial charge in [0.25, 0.3) is 0 Å². The van der Waals surface area contributed by atoms with Crippen LogP contribution in [0.2, 0.25) is 0 Å². The van der Waals surface area contributed by atoms with Crippen molar-refractivity contribution in [3.8, 4) is 23.0 Å². The summed E-state index contributed by atoms with van der Waals surface area (Å²) in [7, 11) is 1.58. The number of esters is 3. The predicted molar refractivity (Wildman–Crippen MR) is 184 cm³/mol. The lowest BCUT2D eigenvalue weighted by Gasteiger charge is -2.10. The highest BCUT2D eigenvalue weighted by Gasteiger charge is 2.15. The molecule has 0 saturated carbocycles. The number of rotatable bonds is 12. The van der Waals surface area contributed by atoms with Gasteiger partial charge in [-0.2, -0.15) is 0 Å². The van der Waals surface area contributed by atoms with Crippen LogP contribution in [0.1, 0.15) is 38.8 Å². The Bertz CT molecular complexity index is 1660. The van der Waals surface area contributed by atoms with Crippen molar-refractivity contribution in [3.05, 3.63) is 114 Å². The maximum atomic E-state index is 12.5. The van der Waals surface area contributed by atoms with Gasteiger partial charge in [-0.3, -0.25) is 4.79 Å². The van der Waals surface area contributed by atoms with Crippen molar-refractivity contribution in [3.63, 3.8) is 0 Å². The van der Waals surface area contributed by atoms with Crippen LogP contribution in [0, 0.1) is 7.14 Å². The van der Waals surface area contributed by atoms with E-state index < -0.39 is 24.1 Å². The monoisotopic (exact) mass is 850 g/mol. The van der Waals surface area contributed by atoms with Gasteiger partial charge in [0.15, 0.2) is 0 Å². The molecule has 0 aliphatic heterocycles. The van der Waals surface area contributed by atoms with Gasteiger partial charge in [0.1, 0.15) is 23.0 Å². The van der Waals surface area contributed by atoms with Crippen molar-refractivity contribution >= 4 is 69.2 Å². The average Bonchev–Trinajstić information content (AvgIpc) is 3.02. The Balaban J connectivity index is 1.17. The van der Waals surface area contributed by atoms with Gasteiger partial charge < -0.3 is 28.4 Å². The minimum absolute atomic E-state index is 0.156. The molecule has 0 spiro atoms. The van der Waals surface area contributed by atoms with Gasteiger partial charge in [0.2, 0.25) is 0 Å². The van der Waals surface area contributed by atoms with Crippen LogP contribution in [0.3, 0.4) is 0 Å². The van der Waals surface area contributed by atoms with E-state index in [4.69, 9.17) is 28.4 Å². The molecular formula is C34H28I2O10. The topological polar surface area (TPSA) is 124 Å². The number of hydrogen-bond acceptors (Lipinski definition) is 10. The van der Waals surface area contributed by atoms with E-state index in [9.17, 15) is 19.2 Å². The molecule has 0 atom stereocenters. The lowest BCUT2D eigenvalue weighted by Crippen LogP contribution is -2.14. The number of halogens is 2. The van der Waals surface area contributed by atoms with E-state index >= 15 is 0 Å². The van der Waals surface area contributed by atoms with Gasteiger partial charge in [-0.05, 0) is 117 Å². The zero-order chi connectivity index (χ0) is 33.1. The minimum atomic E-state index is -0.944. The smallest absolute Gasteiger partial charge is 0.495 e. The first-order valence-electron chi connectivity index (χ1n) is 13.8. The van der Waals surface area contributed by atoms with E-state index in [1.807, 2.05) is 0 Å². The van der Waals surface area contributed by atoms with E-state index in [1.54, 1.807) is 67.8 Å². The molecule has 0 radical (unpaired) electrons. The van der Waals surface area contributed by atoms with Crippen LogP contribution in [0.4, 0.5) is 4.79 Å². The maximum absolute atomic E-state index is 12.5. The second-order valence-electron chi connectivity index (χ2n) is 9.61. The molecule has 12 heteroatoms. The fourth-order valence-electron chi connectivity index (χ4n) is 4.05. The third-order valence-electron chi connectivity index (χ3n) is 6.29. The van der Waals surface area contributed by atoms with Crippen LogP contribution < -0.4 is 18.9 Å². The molecule has 238 valence electrons. The highest BCUT2D eigenvalue weighted by molar-refractivity contribution is 14.1. The fourth-order valence-corrected chi connectivity index (χ4v) is 6.26. The third-order valence-corrected chi connectivity index (χ3v) is 7.89. The molecule has 0 aliphatic rings. The summed E-state index contributed by atoms with van der Waals surface area (Å²) in [5.74, 6) is 0.281. The molecule has 0 heterocycles. The van der Waals surface area contributed by atoms with Crippen LogP contribution >= 0.6 is 45.2 Å². The molecule has 0 amide bonds. The SMILES string of the molecule is COc1c(I)cc(C(=O)OCCc2ccc(OC(=O)Oc3ccc(C(=O)OCCc4ccc(OC(C)=O)cc4)cc3)cc2)cc1I. The van der Waals surface area contributed by atoms with Crippen molar-refractivity contribution in [1.29, 1.82) is 0 Å². The van der Waals surface area contributed by atoms with Crippen LogP contribution in [0.5, 0.6) is 23.0 Å². The average molecular weight is 850 g/mol. The number of methoxy groups -OCH3 is 1. The molecule has 4 aromatic carbocycles. The van der Waals surface area contributed by atoms with E-state index in [-0.39, 0.29) is 24.7 Å². The highest BCUT2D eigenvalue weighted by Crippen LogP contribution is 2.29. The molecular weight excluding hydrogens is 822 g/mol. The summed E-state index contributed by atoms with van der Waals surface area (Å²) in [5.41, 5.74) is 2.54. The number of ether oxygens (including phenoxy) is 6. The van der Waals surface area contributed by atoms with Gasteiger partial charge in [-0.15, -0.1) is 0 Å². The predicted octanol–water partition coefficient (Wildman–Crippen LogP) is 7.21. The fraction of sp³-hybridized carbons (Fsp3) is 0.176. The normalized spacial score (nSPS) is 10.4. The molecule has 0 fully saturated rings. The highest BCUT2D eigenvalue weighted by atomic mass is 127. The zero-order valence-corrected chi connectivity index (χ0v) is 29.1. The van der Waals surface area contributed by atoms with Crippen molar-refractivity contribution in [1.82, 2.24) is 0 Å². The molecule has 0 unspecified atom stereocenters. The summed E-state index contributed by atoms with van der Waals surface area (Å²) in [5, 5.41) is 0. The molecule has 4 aromatic rings. The quantitative estimate of drug-likeness (QED) is 0.0626. The van der Waals surface area contributed by atoms with Crippen LogP contribution in [-0.4, -0.2) is 44.4 Å². The largest absolute Gasteiger partial charge is 0.519 e. The maximum Gasteiger partial charge on any atom is 0.519 e. The second kappa shape index (κ2) is 16.9. The Morgan fingerprint density at radius 3 is 1.43 bits per heavy atom. The molecule has 0 aliphatic carbocycles. The second-order valence-corrected chi connectivity index (χ2v) is 11.9. The number of benzene rings is 4. The van der Waals surface area contributed by atoms with Crippen molar-refractivity contribution in [2.24, 2.45) is 0 Å². The van der Waals surface area contributed by atoms with Crippen molar-refractivity contribution in [2.75, 3.05) is 20.3 Å². The van der Waals surface area contributed by atoms with Gasteiger partial charge in [-0.1, -0.05) is 24.3 Å². The van der Waals surface area contributed by atoms with E-state index in [0.29, 0.717) is 29.7 Å². The third kappa shape index (κ3) is 10.4. The van der Waals surface area contributed by atoms with Gasteiger partial charge in [-0.25, -0.2) is 14.4 Å². The first-order chi connectivity index (χ1) is 22.1. The molecule has 10 nitrogen and oxygen atoms in total. The standard InChI is InChI=1S/C34H28I2O10/c1-21(37)44-26-9-3-22(4-10-26)15-17-42-32(38)24-7-13-28(14-8-24)46-34(40)45-27-11-5-23(6-12-27)16-18-43-33(39)25-19-29(35)31(41-2)30(36)20-25/h3-14,19-20H,15-18H2,1-2H3. The van der Waals surface area contributed by atoms with Crippen LogP contribution in [-0.2, 0) is 27.1 Å². The summed E-state index contributed by atoms with van der Waals surface area (Å²) in [6.07, 6.45) is 0.0119. The lowest BCUT2D eigenvalue weighted by atomic mass is 10.1. The van der Waals surface area contributed by atoms with E-state index in [1.165, 1.54) is 31.2 Å². The number of hydrogen-bond donors (Lipinski definition) is 0. The van der Waals surface area contributed by atoms with Crippen molar-refractivity contribution in [2.45, 2.75) is 19.8 Å². The number of carbonyl (C=O) groups is 4.